The van der Waals surface area contributed by atoms with E-state index in [9.17, 15) is 13.2 Å². The molecule has 1 saturated heterocycles. The topological polar surface area (TPSA) is 101 Å². The number of carbonyl (C=O) groups excluding carboxylic acids is 1. The Morgan fingerprint density at radius 2 is 2.31 bits per heavy atom. The number of carbonyl (C=O) groups is 1. The first-order valence-electron chi connectivity index (χ1n) is 8.84. The molecule has 1 atom stereocenters. The number of rotatable bonds is 7. The van der Waals surface area contributed by atoms with Crippen LogP contribution in [-0.2, 0) is 26.2 Å². The summed E-state index contributed by atoms with van der Waals surface area (Å²) < 4.78 is 26.2. The Kier molecular flexibility index (Phi) is 5.57. The van der Waals surface area contributed by atoms with Crippen molar-refractivity contribution >= 4 is 21.6 Å². The Morgan fingerprint density at radius 1 is 1.46 bits per heavy atom. The molecule has 0 saturated carbocycles. The number of unbranched alkanes of at least 4 members (excludes halogenated alkanes) is 1. The van der Waals surface area contributed by atoms with Gasteiger partial charge in [-0.25, -0.2) is 8.42 Å². The van der Waals surface area contributed by atoms with E-state index in [1.54, 1.807) is 18.5 Å². The van der Waals surface area contributed by atoms with Crippen molar-refractivity contribution in [3.63, 3.8) is 0 Å². The molecule has 1 amide bonds. The highest BCUT2D eigenvalue weighted by Crippen LogP contribution is 2.35. The number of nitrogens with one attached hydrogen (secondary N) is 1. The highest BCUT2D eigenvalue weighted by Gasteiger charge is 2.49. The molecule has 0 bridgehead atoms. The minimum absolute atomic E-state index is 0.152. The van der Waals surface area contributed by atoms with Gasteiger partial charge in [0.05, 0.1) is 12.3 Å². The van der Waals surface area contributed by atoms with Crippen molar-refractivity contribution in [3.8, 4) is 0 Å². The van der Waals surface area contributed by atoms with E-state index in [4.69, 9.17) is 4.84 Å². The normalized spacial score (nSPS) is 23.0. The van der Waals surface area contributed by atoms with Crippen molar-refractivity contribution in [2.75, 3.05) is 18.8 Å². The van der Waals surface area contributed by atoms with Gasteiger partial charge in [-0.05, 0) is 18.1 Å². The van der Waals surface area contributed by atoms with Gasteiger partial charge in [-0.15, -0.1) is 0 Å². The van der Waals surface area contributed by atoms with E-state index in [-0.39, 0.29) is 18.2 Å². The number of pyridine rings is 1. The molecule has 142 valence electrons. The molecular formula is C17H24N4O4S. The number of hydrogen-bond acceptors (Lipinski definition) is 6. The van der Waals surface area contributed by atoms with Gasteiger partial charge in [0.2, 0.25) is 10.0 Å². The van der Waals surface area contributed by atoms with Crippen LogP contribution in [0.15, 0.2) is 29.7 Å². The number of amides is 1. The predicted molar refractivity (Wildman–Crippen MR) is 96.8 cm³/mol. The van der Waals surface area contributed by atoms with Gasteiger partial charge < -0.3 is 10.2 Å². The zero-order valence-electron chi connectivity index (χ0n) is 14.8. The summed E-state index contributed by atoms with van der Waals surface area (Å²) >= 11 is 0. The summed E-state index contributed by atoms with van der Waals surface area (Å²) in [5.41, 5.74) is 0.492. The van der Waals surface area contributed by atoms with Gasteiger partial charge in [0.15, 0.2) is 5.60 Å². The monoisotopic (exact) mass is 380 g/mol. The maximum atomic E-state index is 12.4. The largest absolute Gasteiger partial charge is 0.387 e. The summed E-state index contributed by atoms with van der Waals surface area (Å²) in [5, 5.41) is 6.72. The summed E-state index contributed by atoms with van der Waals surface area (Å²) in [6, 6.07) is 3.68. The third-order valence-electron chi connectivity index (χ3n) is 4.71. The number of aromatic nitrogens is 1. The quantitative estimate of drug-likeness (QED) is 0.762. The van der Waals surface area contributed by atoms with Gasteiger partial charge in [-0.3, -0.25) is 9.78 Å². The molecule has 2 aliphatic rings. The van der Waals surface area contributed by atoms with Gasteiger partial charge in [-0.1, -0.05) is 24.6 Å². The molecule has 1 aromatic heterocycles. The Morgan fingerprint density at radius 3 is 3.04 bits per heavy atom. The minimum Gasteiger partial charge on any atom is -0.387 e. The zero-order valence-corrected chi connectivity index (χ0v) is 15.7. The van der Waals surface area contributed by atoms with E-state index < -0.39 is 15.6 Å². The minimum atomic E-state index is -3.27. The summed E-state index contributed by atoms with van der Waals surface area (Å²) in [6.45, 7) is 2.98. The molecule has 0 aromatic carbocycles. The predicted octanol–water partition coefficient (Wildman–Crippen LogP) is 1.05. The van der Waals surface area contributed by atoms with E-state index >= 15 is 0 Å². The molecule has 26 heavy (non-hydrogen) atoms. The average molecular weight is 380 g/mol. The molecule has 0 radical (unpaired) electrons. The van der Waals surface area contributed by atoms with Crippen molar-refractivity contribution in [2.24, 2.45) is 5.16 Å². The Bertz CT molecular complexity index is 781. The highest BCUT2D eigenvalue weighted by molar-refractivity contribution is 7.89. The van der Waals surface area contributed by atoms with Crippen LogP contribution < -0.4 is 5.32 Å². The maximum Gasteiger partial charge on any atom is 0.269 e. The van der Waals surface area contributed by atoms with Gasteiger partial charge in [0.1, 0.15) is 5.71 Å². The van der Waals surface area contributed by atoms with E-state index in [2.05, 4.69) is 15.5 Å². The molecule has 2 aliphatic heterocycles. The standard InChI is InChI=1S/C17H24N4O4S/c1-2-3-9-26(23,24)21-8-6-17(13-21)10-15(20-25-17)16(22)19-12-14-5-4-7-18-11-14/h4-5,7,11H,2-3,6,8-10,12-13H2,1H3,(H,19,22)/t17-/m0/s1. The lowest BCUT2D eigenvalue weighted by atomic mass is 9.96. The number of oxime groups is 1. The maximum absolute atomic E-state index is 12.4. The molecule has 1 fully saturated rings. The van der Waals surface area contributed by atoms with Gasteiger partial charge >= 0.3 is 0 Å². The second-order valence-corrected chi connectivity index (χ2v) is 8.87. The van der Waals surface area contributed by atoms with E-state index in [1.165, 1.54) is 4.31 Å². The molecule has 0 aliphatic carbocycles. The second kappa shape index (κ2) is 7.71. The fraction of sp³-hybridized carbons (Fsp3) is 0.588. The van der Waals surface area contributed by atoms with Gasteiger partial charge in [0, 0.05) is 38.3 Å². The lowest BCUT2D eigenvalue weighted by Crippen LogP contribution is -2.39. The van der Waals surface area contributed by atoms with Crippen LogP contribution in [0.1, 0.15) is 38.2 Å². The van der Waals surface area contributed by atoms with Crippen LogP contribution in [0, 0.1) is 0 Å². The molecular weight excluding hydrogens is 356 g/mol. The molecule has 8 nitrogen and oxygen atoms in total. The average Bonchev–Trinajstić information content (AvgIpc) is 3.27. The third-order valence-corrected chi connectivity index (χ3v) is 6.61. The van der Waals surface area contributed by atoms with E-state index in [1.807, 2.05) is 13.0 Å². The van der Waals surface area contributed by atoms with Crippen molar-refractivity contribution in [3.05, 3.63) is 30.1 Å². The van der Waals surface area contributed by atoms with E-state index in [0.717, 1.165) is 12.0 Å². The van der Waals surface area contributed by atoms with Gasteiger partial charge in [0.25, 0.3) is 5.91 Å². The molecule has 1 aromatic rings. The van der Waals surface area contributed by atoms with Crippen LogP contribution in [0.3, 0.4) is 0 Å². The fourth-order valence-corrected chi connectivity index (χ4v) is 4.86. The second-order valence-electron chi connectivity index (χ2n) is 6.79. The van der Waals surface area contributed by atoms with Crippen LogP contribution >= 0.6 is 0 Å². The summed E-state index contributed by atoms with van der Waals surface area (Å²) in [7, 11) is -3.27. The first kappa shape index (κ1) is 18.8. The Hall–Kier alpha value is -2.00. The van der Waals surface area contributed by atoms with Crippen LogP contribution in [-0.4, -0.2) is 53.8 Å². The number of sulfonamides is 1. The third kappa shape index (κ3) is 4.21. The SMILES string of the molecule is CCCCS(=O)(=O)N1CC[C@]2(CC(C(=O)NCc3cccnc3)=NO2)C1. The summed E-state index contributed by atoms with van der Waals surface area (Å²) in [6.07, 6.45) is 5.70. The number of hydrogen-bond donors (Lipinski definition) is 1. The van der Waals surface area contributed by atoms with Crippen LogP contribution in [0.5, 0.6) is 0 Å². The molecule has 1 spiro atoms. The molecule has 3 rings (SSSR count). The van der Waals surface area contributed by atoms with Crippen LogP contribution in [0.2, 0.25) is 0 Å². The first-order chi connectivity index (χ1) is 12.4. The van der Waals surface area contributed by atoms with Gasteiger partial charge in [-0.2, -0.15) is 4.31 Å². The first-order valence-corrected chi connectivity index (χ1v) is 10.4. The highest BCUT2D eigenvalue weighted by atomic mass is 32.2. The molecule has 9 heteroatoms. The van der Waals surface area contributed by atoms with Crippen LogP contribution in [0.25, 0.3) is 0 Å². The molecule has 1 N–H and O–H groups in total. The smallest absolute Gasteiger partial charge is 0.269 e. The Labute approximate surface area is 153 Å². The Balaban J connectivity index is 1.54. The van der Waals surface area contributed by atoms with Crippen molar-refractivity contribution in [1.82, 2.24) is 14.6 Å². The van der Waals surface area contributed by atoms with Crippen LogP contribution in [0.4, 0.5) is 0 Å². The lowest BCUT2D eigenvalue weighted by molar-refractivity contribution is -0.115. The molecule has 3 heterocycles. The van der Waals surface area contributed by atoms with Crippen molar-refractivity contribution in [2.45, 2.75) is 44.8 Å². The fourth-order valence-electron chi connectivity index (χ4n) is 3.15. The summed E-state index contributed by atoms with van der Waals surface area (Å²) in [5.74, 6) is -0.142. The van der Waals surface area contributed by atoms with Crippen molar-refractivity contribution in [1.29, 1.82) is 0 Å². The molecule has 0 unspecified atom stereocenters. The van der Waals surface area contributed by atoms with Crippen molar-refractivity contribution < 1.29 is 18.0 Å². The van der Waals surface area contributed by atoms with E-state index in [0.29, 0.717) is 38.1 Å². The lowest BCUT2D eigenvalue weighted by Gasteiger charge is -2.21. The summed E-state index contributed by atoms with van der Waals surface area (Å²) in [4.78, 5) is 21.8. The zero-order chi connectivity index (χ0) is 18.6. The number of nitrogens with zero attached hydrogens (tertiary/aromatic N) is 3.